The number of esters is 1. The van der Waals surface area contributed by atoms with Gasteiger partial charge in [0.1, 0.15) is 6.10 Å². The minimum absolute atomic E-state index is 0.0183. The van der Waals surface area contributed by atoms with Crippen LogP contribution in [-0.4, -0.2) is 34.6 Å². The number of amides is 1. The molecule has 6 saturated carbocycles. The number of ether oxygens (including phenoxy) is 1. The summed E-state index contributed by atoms with van der Waals surface area (Å²) >= 11 is 0. The van der Waals surface area contributed by atoms with Crippen LogP contribution in [0.5, 0.6) is 0 Å². The molecule has 1 amide bonds. The third-order valence-corrected chi connectivity index (χ3v) is 14.6. The highest BCUT2D eigenvalue weighted by molar-refractivity contribution is 5.84. The Hall–Kier alpha value is -1.59. The molecule has 13 unspecified atom stereocenters. The quantitative estimate of drug-likeness (QED) is 0.340. The van der Waals surface area contributed by atoms with Gasteiger partial charge in [0, 0.05) is 11.5 Å². The van der Waals surface area contributed by atoms with Crippen LogP contribution in [0.2, 0.25) is 0 Å². The predicted octanol–water partition coefficient (Wildman–Crippen LogP) is 7.24. The van der Waals surface area contributed by atoms with Crippen LogP contribution in [0.4, 0.5) is 0 Å². The second-order valence-electron chi connectivity index (χ2n) is 17.5. The summed E-state index contributed by atoms with van der Waals surface area (Å²) in [5.41, 5.74) is -0.180. The standard InChI is InChI=1S/C36H57NO5/c1-20-23(30(38)37-33(3,4)5)19-24(20)31(39)42-28-14-17-34(6)25(21(28)2)12-16-35(7)26-13-18-36(32(40)41)15-8-9-27(36)22(26)10-11-29(34)35/h20-29H,8-19H2,1-7H3,(H,37,38)(H,40,41). The molecule has 0 bridgehead atoms. The van der Waals surface area contributed by atoms with Crippen molar-refractivity contribution in [2.24, 2.45) is 69.5 Å². The van der Waals surface area contributed by atoms with E-state index in [-0.39, 0.29) is 52.1 Å². The van der Waals surface area contributed by atoms with Gasteiger partial charge in [-0.3, -0.25) is 14.4 Å². The van der Waals surface area contributed by atoms with Crippen LogP contribution in [-0.2, 0) is 19.1 Å². The fraction of sp³-hybridized carbons (Fsp3) is 0.917. The zero-order valence-electron chi connectivity index (χ0n) is 27.3. The predicted molar refractivity (Wildman–Crippen MR) is 162 cm³/mol. The topological polar surface area (TPSA) is 92.7 Å². The van der Waals surface area contributed by atoms with Gasteiger partial charge in [0.15, 0.2) is 0 Å². The molecule has 2 N–H and O–H groups in total. The van der Waals surface area contributed by atoms with Gasteiger partial charge in [-0.05, 0) is 144 Å². The summed E-state index contributed by atoms with van der Waals surface area (Å²) in [5.74, 6) is 2.34. The van der Waals surface area contributed by atoms with E-state index in [9.17, 15) is 19.5 Å². The molecule has 6 rings (SSSR count). The number of carbonyl (C=O) groups is 3. The first-order chi connectivity index (χ1) is 19.6. The molecular formula is C36H57NO5. The molecule has 0 spiro atoms. The van der Waals surface area contributed by atoms with E-state index in [1.54, 1.807) is 0 Å². The first-order valence-electron chi connectivity index (χ1n) is 17.4. The number of aliphatic carboxylic acids is 1. The number of carboxylic acid groups (broad SMARTS) is 1. The largest absolute Gasteiger partial charge is 0.481 e. The van der Waals surface area contributed by atoms with E-state index in [2.05, 4.69) is 26.1 Å². The lowest BCUT2D eigenvalue weighted by atomic mass is 9.37. The van der Waals surface area contributed by atoms with Crippen molar-refractivity contribution in [1.82, 2.24) is 5.32 Å². The van der Waals surface area contributed by atoms with E-state index >= 15 is 0 Å². The molecule has 236 valence electrons. The molecule has 6 fully saturated rings. The van der Waals surface area contributed by atoms with Crippen molar-refractivity contribution in [1.29, 1.82) is 0 Å². The highest BCUT2D eigenvalue weighted by Gasteiger charge is 2.66. The SMILES string of the molecule is CC1C(C(=O)NC(C)(C)C)CC1C(=O)OC1CCC2(C)C(CCC3(C)C4CCC5(C(=O)O)CCCC5C4CCC23)C1C. The maximum absolute atomic E-state index is 13.3. The molecule has 0 saturated heterocycles. The van der Waals surface area contributed by atoms with Crippen LogP contribution >= 0.6 is 0 Å². The Balaban J connectivity index is 1.11. The van der Waals surface area contributed by atoms with Crippen LogP contribution in [0.25, 0.3) is 0 Å². The number of carbonyl (C=O) groups excluding carboxylic acids is 2. The highest BCUT2D eigenvalue weighted by Crippen LogP contribution is 2.71. The molecule has 0 aromatic carbocycles. The van der Waals surface area contributed by atoms with Gasteiger partial charge in [-0.2, -0.15) is 0 Å². The molecule has 0 radical (unpaired) electrons. The first kappa shape index (κ1) is 30.4. The van der Waals surface area contributed by atoms with E-state index in [4.69, 9.17) is 4.74 Å². The highest BCUT2D eigenvalue weighted by atomic mass is 16.5. The maximum Gasteiger partial charge on any atom is 0.309 e. The molecule has 6 nitrogen and oxygen atoms in total. The zero-order chi connectivity index (χ0) is 30.4. The van der Waals surface area contributed by atoms with Gasteiger partial charge in [0.2, 0.25) is 5.91 Å². The summed E-state index contributed by atoms with van der Waals surface area (Å²) in [5, 5.41) is 13.4. The Labute approximate surface area is 253 Å². The van der Waals surface area contributed by atoms with Gasteiger partial charge in [-0.1, -0.05) is 34.1 Å². The lowest BCUT2D eigenvalue weighted by Crippen LogP contribution is -2.62. The molecule has 6 aliphatic rings. The van der Waals surface area contributed by atoms with Gasteiger partial charge in [-0.25, -0.2) is 0 Å². The van der Waals surface area contributed by atoms with E-state index < -0.39 is 11.4 Å². The molecular weight excluding hydrogens is 526 g/mol. The Morgan fingerprint density at radius 1 is 0.786 bits per heavy atom. The second-order valence-corrected chi connectivity index (χ2v) is 17.5. The zero-order valence-corrected chi connectivity index (χ0v) is 27.3. The molecule has 0 aromatic heterocycles. The van der Waals surface area contributed by atoms with Gasteiger partial charge in [0.25, 0.3) is 0 Å². The van der Waals surface area contributed by atoms with E-state index in [0.29, 0.717) is 41.9 Å². The Morgan fingerprint density at radius 2 is 1.45 bits per heavy atom. The number of hydrogen-bond donors (Lipinski definition) is 2. The number of nitrogens with one attached hydrogen (secondary N) is 1. The first-order valence-corrected chi connectivity index (χ1v) is 17.4. The van der Waals surface area contributed by atoms with Crippen molar-refractivity contribution < 1.29 is 24.2 Å². The summed E-state index contributed by atoms with van der Waals surface area (Å²) in [6.07, 6.45) is 12.5. The Morgan fingerprint density at radius 3 is 2.12 bits per heavy atom. The fourth-order valence-electron chi connectivity index (χ4n) is 12.5. The van der Waals surface area contributed by atoms with E-state index in [1.165, 1.54) is 25.7 Å². The third kappa shape index (κ3) is 4.49. The minimum atomic E-state index is -0.520. The Bertz CT molecular complexity index is 1110. The second kappa shape index (κ2) is 10.2. The molecule has 13 atom stereocenters. The van der Waals surface area contributed by atoms with Crippen LogP contribution in [0.3, 0.4) is 0 Å². The monoisotopic (exact) mass is 583 g/mol. The smallest absolute Gasteiger partial charge is 0.309 e. The van der Waals surface area contributed by atoms with Crippen molar-refractivity contribution in [3.05, 3.63) is 0 Å². The summed E-state index contributed by atoms with van der Waals surface area (Å²) in [4.78, 5) is 38.5. The fourth-order valence-corrected chi connectivity index (χ4v) is 12.5. The molecule has 0 aromatic rings. The average molecular weight is 584 g/mol. The van der Waals surface area contributed by atoms with Gasteiger partial charge >= 0.3 is 11.9 Å². The van der Waals surface area contributed by atoms with Crippen LogP contribution in [0, 0.1) is 69.5 Å². The summed E-state index contributed by atoms with van der Waals surface area (Å²) in [6.45, 7) is 15.5. The summed E-state index contributed by atoms with van der Waals surface area (Å²) < 4.78 is 6.30. The Kier molecular flexibility index (Phi) is 7.41. The van der Waals surface area contributed by atoms with Crippen LogP contribution in [0.15, 0.2) is 0 Å². The molecule has 42 heavy (non-hydrogen) atoms. The number of fused-ring (bicyclic) bond motifs is 7. The molecule has 6 heteroatoms. The molecule has 0 aliphatic heterocycles. The minimum Gasteiger partial charge on any atom is -0.481 e. The van der Waals surface area contributed by atoms with Crippen molar-refractivity contribution in [2.75, 3.05) is 0 Å². The summed E-state index contributed by atoms with van der Waals surface area (Å²) in [7, 11) is 0. The molecule has 6 aliphatic carbocycles. The van der Waals surface area contributed by atoms with Crippen molar-refractivity contribution in [3.63, 3.8) is 0 Å². The van der Waals surface area contributed by atoms with Crippen LogP contribution < -0.4 is 5.32 Å². The number of hydrogen-bond acceptors (Lipinski definition) is 4. The molecule has 0 heterocycles. The van der Waals surface area contributed by atoms with Crippen molar-refractivity contribution >= 4 is 17.8 Å². The van der Waals surface area contributed by atoms with Gasteiger partial charge in [0.05, 0.1) is 11.3 Å². The van der Waals surface area contributed by atoms with E-state index in [1.807, 2.05) is 27.7 Å². The normalized spacial score (nSPS) is 49.8. The lowest BCUT2D eigenvalue weighted by Gasteiger charge is -2.67. The van der Waals surface area contributed by atoms with Gasteiger partial charge in [-0.15, -0.1) is 0 Å². The average Bonchev–Trinajstić information content (AvgIpc) is 3.34. The van der Waals surface area contributed by atoms with Gasteiger partial charge < -0.3 is 15.2 Å². The summed E-state index contributed by atoms with van der Waals surface area (Å²) in [6, 6.07) is 0. The van der Waals surface area contributed by atoms with Crippen molar-refractivity contribution in [3.8, 4) is 0 Å². The van der Waals surface area contributed by atoms with Crippen LogP contribution in [0.1, 0.15) is 126 Å². The third-order valence-electron chi connectivity index (χ3n) is 14.6. The van der Waals surface area contributed by atoms with Crippen molar-refractivity contribution in [2.45, 2.75) is 137 Å². The lowest BCUT2D eigenvalue weighted by molar-refractivity contribution is -0.207. The number of carboxylic acids is 1. The van der Waals surface area contributed by atoms with E-state index in [0.717, 1.165) is 44.9 Å². The maximum atomic E-state index is 13.3. The number of rotatable bonds is 4.